The molecule has 26 heavy (non-hydrogen) atoms. The van der Waals surface area contributed by atoms with Gasteiger partial charge < -0.3 is 10.1 Å². The Kier molecular flexibility index (Phi) is 6.05. The van der Waals surface area contributed by atoms with E-state index in [0.717, 1.165) is 0 Å². The number of alkyl carbamates (subject to hydrolysis) is 1. The largest absolute Gasteiger partial charge is 0.444 e. The Morgan fingerprint density at radius 1 is 1.31 bits per heavy atom. The number of pyridine rings is 1. The standard InChI is InChI=1S/C18H23BrF2N2O3/c1-16(2,3)26-15(25)22-7-6-17(10-18(20,21)11-17)8-13(24)12-4-5-14(19)23-9-12/h4-5,9H,6-8,10-11H2,1-3H3,(H,22,25). The van der Waals surface area contributed by atoms with Gasteiger partial charge in [-0.1, -0.05) is 0 Å². The van der Waals surface area contributed by atoms with Crippen LogP contribution >= 0.6 is 15.9 Å². The van der Waals surface area contributed by atoms with Gasteiger partial charge in [0.15, 0.2) is 5.78 Å². The summed E-state index contributed by atoms with van der Waals surface area (Å²) < 4.78 is 32.7. The Bertz CT molecular complexity index is 664. The van der Waals surface area contributed by atoms with Crippen molar-refractivity contribution in [3.63, 3.8) is 0 Å². The first kappa shape index (κ1) is 20.7. The van der Waals surface area contributed by atoms with Gasteiger partial charge in [0.05, 0.1) is 0 Å². The minimum absolute atomic E-state index is 0.00189. The number of hydrogen-bond donors (Lipinski definition) is 1. The fourth-order valence-electron chi connectivity index (χ4n) is 3.16. The number of alkyl halides is 2. The van der Waals surface area contributed by atoms with Gasteiger partial charge >= 0.3 is 6.09 Å². The molecule has 0 spiro atoms. The van der Waals surface area contributed by atoms with Crippen molar-refractivity contribution in [3.05, 3.63) is 28.5 Å². The molecule has 1 aromatic heterocycles. The second-order valence-corrected chi connectivity index (χ2v) is 8.67. The van der Waals surface area contributed by atoms with Crippen LogP contribution in [0.4, 0.5) is 13.6 Å². The van der Waals surface area contributed by atoms with E-state index in [4.69, 9.17) is 4.74 Å². The van der Waals surface area contributed by atoms with E-state index in [1.165, 1.54) is 6.20 Å². The van der Waals surface area contributed by atoms with Crippen LogP contribution in [-0.2, 0) is 4.74 Å². The Morgan fingerprint density at radius 3 is 2.46 bits per heavy atom. The van der Waals surface area contributed by atoms with Gasteiger partial charge in [-0.2, -0.15) is 0 Å². The molecule has 1 N–H and O–H groups in total. The van der Waals surface area contributed by atoms with Crippen LogP contribution in [0.5, 0.6) is 0 Å². The maximum absolute atomic E-state index is 13.5. The third-order valence-corrected chi connectivity index (χ3v) is 4.64. The Morgan fingerprint density at radius 2 is 1.96 bits per heavy atom. The molecule has 0 aromatic carbocycles. The molecular weight excluding hydrogens is 410 g/mol. The van der Waals surface area contributed by atoms with Crippen molar-refractivity contribution >= 4 is 27.8 Å². The topological polar surface area (TPSA) is 68.3 Å². The zero-order valence-corrected chi connectivity index (χ0v) is 16.7. The molecule has 0 saturated heterocycles. The smallest absolute Gasteiger partial charge is 0.407 e. The number of halogens is 3. The molecule has 0 bridgehead atoms. The molecule has 1 amide bonds. The van der Waals surface area contributed by atoms with Crippen molar-refractivity contribution in [3.8, 4) is 0 Å². The monoisotopic (exact) mass is 432 g/mol. The molecule has 1 fully saturated rings. The first-order chi connectivity index (χ1) is 11.9. The number of ketones is 1. The first-order valence-electron chi connectivity index (χ1n) is 8.39. The molecule has 1 aromatic rings. The number of ether oxygens (including phenoxy) is 1. The third kappa shape index (κ3) is 6.00. The predicted octanol–water partition coefficient (Wildman–Crippen LogP) is 4.75. The summed E-state index contributed by atoms with van der Waals surface area (Å²) in [5, 5.41) is 2.58. The molecule has 1 saturated carbocycles. The van der Waals surface area contributed by atoms with Crippen LogP contribution in [-0.4, -0.2) is 34.9 Å². The number of carbonyl (C=O) groups is 2. The van der Waals surface area contributed by atoms with Crippen molar-refractivity contribution in [2.75, 3.05) is 6.54 Å². The number of amides is 1. The molecule has 0 atom stereocenters. The lowest BCUT2D eigenvalue weighted by atomic mass is 9.61. The highest BCUT2D eigenvalue weighted by Crippen LogP contribution is 2.56. The first-order valence-corrected chi connectivity index (χ1v) is 9.19. The highest BCUT2D eigenvalue weighted by Gasteiger charge is 2.56. The summed E-state index contributed by atoms with van der Waals surface area (Å²) in [5.41, 5.74) is -1.05. The van der Waals surface area contributed by atoms with E-state index in [1.54, 1.807) is 32.9 Å². The molecule has 0 radical (unpaired) electrons. The summed E-state index contributed by atoms with van der Waals surface area (Å²) in [6.07, 6.45) is 0.411. The average molecular weight is 433 g/mol. The lowest BCUT2D eigenvalue weighted by molar-refractivity contribution is -0.162. The zero-order chi connectivity index (χ0) is 19.6. The number of hydrogen-bond acceptors (Lipinski definition) is 4. The average Bonchev–Trinajstić information content (AvgIpc) is 2.43. The van der Waals surface area contributed by atoms with E-state index in [1.807, 2.05) is 0 Å². The number of rotatable bonds is 6. The summed E-state index contributed by atoms with van der Waals surface area (Å²) in [6.45, 7) is 5.40. The van der Waals surface area contributed by atoms with Crippen LogP contribution in [0.3, 0.4) is 0 Å². The molecule has 1 aliphatic carbocycles. The number of nitrogens with one attached hydrogen (secondary N) is 1. The van der Waals surface area contributed by atoms with Crippen LogP contribution in [0.15, 0.2) is 22.9 Å². The lowest BCUT2D eigenvalue weighted by Crippen LogP contribution is -2.49. The maximum atomic E-state index is 13.5. The molecule has 144 valence electrons. The second kappa shape index (κ2) is 7.58. The summed E-state index contributed by atoms with van der Waals surface area (Å²) in [7, 11) is 0. The second-order valence-electron chi connectivity index (χ2n) is 7.86. The third-order valence-electron chi connectivity index (χ3n) is 4.18. The van der Waals surface area contributed by atoms with Gasteiger partial charge in [-0.15, -0.1) is 0 Å². The summed E-state index contributed by atoms with van der Waals surface area (Å²) in [4.78, 5) is 28.1. The minimum atomic E-state index is -2.76. The van der Waals surface area contributed by atoms with E-state index in [2.05, 4.69) is 26.2 Å². The fourth-order valence-corrected chi connectivity index (χ4v) is 3.40. The van der Waals surface area contributed by atoms with Crippen LogP contribution < -0.4 is 5.32 Å². The molecule has 8 heteroatoms. The maximum Gasteiger partial charge on any atom is 0.407 e. The van der Waals surface area contributed by atoms with Gasteiger partial charge in [0.2, 0.25) is 5.92 Å². The van der Waals surface area contributed by atoms with Crippen molar-refractivity contribution in [1.82, 2.24) is 10.3 Å². The van der Waals surface area contributed by atoms with Crippen molar-refractivity contribution in [2.24, 2.45) is 5.41 Å². The number of carbonyl (C=O) groups excluding carboxylic acids is 2. The molecular formula is C18H23BrF2N2O3. The van der Waals surface area contributed by atoms with Crippen LogP contribution in [0.2, 0.25) is 0 Å². The number of aromatic nitrogens is 1. The quantitative estimate of drug-likeness (QED) is 0.520. The summed E-state index contributed by atoms with van der Waals surface area (Å²) in [6, 6.07) is 3.25. The molecule has 0 aliphatic heterocycles. The normalized spacial score (nSPS) is 17.9. The van der Waals surface area contributed by atoms with E-state index < -0.39 is 23.0 Å². The SMILES string of the molecule is CC(C)(C)OC(=O)NCCC1(CC(=O)c2ccc(Br)nc2)CC(F)(F)C1. The molecule has 0 unspecified atom stereocenters. The summed E-state index contributed by atoms with van der Waals surface area (Å²) in [5.74, 6) is -2.98. The highest BCUT2D eigenvalue weighted by atomic mass is 79.9. The number of nitrogens with zero attached hydrogens (tertiary/aromatic N) is 1. The lowest BCUT2D eigenvalue weighted by Gasteiger charge is -2.47. The van der Waals surface area contributed by atoms with Gasteiger partial charge in [0.1, 0.15) is 10.2 Å². The number of Topliss-reactive ketones (excluding diaryl/α,β-unsaturated/α-hetero) is 1. The van der Waals surface area contributed by atoms with E-state index >= 15 is 0 Å². The van der Waals surface area contributed by atoms with Crippen molar-refractivity contribution in [2.45, 2.75) is 58.0 Å². The fraction of sp³-hybridized carbons (Fsp3) is 0.611. The molecule has 1 aliphatic rings. The predicted molar refractivity (Wildman–Crippen MR) is 96.4 cm³/mol. The minimum Gasteiger partial charge on any atom is -0.444 e. The van der Waals surface area contributed by atoms with Gasteiger partial charge in [0.25, 0.3) is 0 Å². The van der Waals surface area contributed by atoms with Gasteiger partial charge in [0, 0.05) is 37.6 Å². The molecule has 2 rings (SSSR count). The highest BCUT2D eigenvalue weighted by molar-refractivity contribution is 9.10. The Hall–Kier alpha value is -1.57. The Labute approximate surface area is 160 Å². The van der Waals surface area contributed by atoms with Crippen LogP contribution in [0, 0.1) is 5.41 Å². The molecule has 1 heterocycles. The van der Waals surface area contributed by atoms with E-state index in [9.17, 15) is 18.4 Å². The molecule has 5 nitrogen and oxygen atoms in total. The van der Waals surface area contributed by atoms with E-state index in [-0.39, 0.29) is 38.0 Å². The Balaban J connectivity index is 1.94. The zero-order valence-electron chi connectivity index (χ0n) is 15.1. The van der Waals surface area contributed by atoms with Crippen molar-refractivity contribution in [1.29, 1.82) is 0 Å². The van der Waals surface area contributed by atoms with Crippen LogP contribution in [0.1, 0.15) is 56.8 Å². The summed E-state index contributed by atoms with van der Waals surface area (Å²) >= 11 is 3.19. The van der Waals surface area contributed by atoms with Gasteiger partial charge in [-0.05, 0) is 60.7 Å². The van der Waals surface area contributed by atoms with E-state index in [0.29, 0.717) is 10.2 Å². The van der Waals surface area contributed by atoms with Crippen molar-refractivity contribution < 1.29 is 23.1 Å². The van der Waals surface area contributed by atoms with Gasteiger partial charge in [-0.3, -0.25) is 4.79 Å². The van der Waals surface area contributed by atoms with Gasteiger partial charge in [-0.25, -0.2) is 18.6 Å². The van der Waals surface area contributed by atoms with Crippen LogP contribution in [0.25, 0.3) is 0 Å².